The van der Waals surface area contributed by atoms with Gasteiger partial charge in [0, 0.05) is 13.2 Å². The SMILES string of the molecule is O=C(Cn1c(NCCCO)nc2ccccc21)c1ccc(Br)s1. The monoisotopic (exact) mass is 393 g/mol. The molecule has 2 N–H and O–H groups in total. The fourth-order valence-electron chi connectivity index (χ4n) is 2.34. The second-order valence-corrected chi connectivity index (χ2v) is 7.50. The Bertz CT molecular complexity index is 828. The number of fused-ring (bicyclic) bond motifs is 1. The molecular formula is C16H16BrN3O2S. The number of aliphatic hydroxyl groups is 1. The standard InChI is InChI=1S/C16H16BrN3O2S/c17-15-7-6-14(23-15)13(22)10-20-12-5-2-1-4-11(12)19-16(20)18-8-3-9-21/h1-2,4-7,21H,3,8-10H2,(H,18,19). The molecule has 0 unspecified atom stereocenters. The van der Waals surface area contributed by atoms with Crippen LogP contribution in [0.2, 0.25) is 0 Å². The molecule has 7 heteroatoms. The van der Waals surface area contributed by atoms with Crippen molar-refractivity contribution in [1.82, 2.24) is 9.55 Å². The lowest BCUT2D eigenvalue weighted by molar-refractivity contribution is 0.0978. The molecule has 0 aliphatic carbocycles. The van der Waals surface area contributed by atoms with Gasteiger partial charge in [0.25, 0.3) is 0 Å². The van der Waals surface area contributed by atoms with E-state index in [1.54, 1.807) is 0 Å². The number of halogens is 1. The van der Waals surface area contributed by atoms with Gasteiger partial charge in [0.2, 0.25) is 5.95 Å². The van der Waals surface area contributed by atoms with Crippen LogP contribution in [0.15, 0.2) is 40.2 Å². The third-order valence-corrected chi connectivity index (χ3v) is 5.09. The number of imidazole rings is 1. The molecule has 2 heterocycles. The number of carbonyl (C=O) groups excluding carboxylic acids is 1. The maximum atomic E-state index is 12.5. The number of Topliss-reactive ketones (excluding diaryl/α,β-unsaturated/α-hetero) is 1. The summed E-state index contributed by atoms with van der Waals surface area (Å²) in [5, 5.41) is 12.1. The van der Waals surface area contributed by atoms with E-state index in [4.69, 9.17) is 5.11 Å². The number of thiophene rings is 1. The molecule has 0 bridgehead atoms. The number of nitrogens with one attached hydrogen (secondary N) is 1. The highest BCUT2D eigenvalue weighted by Crippen LogP contribution is 2.25. The lowest BCUT2D eigenvalue weighted by Crippen LogP contribution is -2.14. The van der Waals surface area contributed by atoms with Crippen LogP contribution in [0, 0.1) is 0 Å². The summed E-state index contributed by atoms with van der Waals surface area (Å²) in [6.07, 6.45) is 0.634. The number of benzene rings is 1. The molecule has 0 saturated carbocycles. The zero-order chi connectivity index (χ0) is 16.2. The van der Waals surface area contributed by atoms with Gasteiger partial charge in [-0.3, -0.25) is 4.79 Å². The summed E-state index contributed by atoms with van der Waals surface area (Å²) in [6, 6.07) is 11.4. The van der Waals surface area contributed by atoms with E-state index in [2.05, 4.69) is 26.2 Å². The summed E-state index contributed by atoms with van der Waals surface area (Å²) in [4.78, 5) is 17.8. The molecule has 0 radical (unpaired) electrons. The summed E-state index contributed by atoms with van der Waals surface area (Å²) in [5.41, 5.74) is 1.77. The third kappa shape index (κ3) is 3.63. The summed E-state index contributed by atoms with van der Waals surface area (Å²) in [7, 11) is 0. The number of rotatable bonds is 7. The van der Waals surface area contributed by atoms with Crippen molar-refractivity contribution in [2.75, 3.05) is 18.5 Å². The molecular weight excluding hydrogens is 378 g/mol. The minimum Gasteiger partial charge on any atom is -0.396 e. The summed E-state index contributed by atoms with van der Waals surface area (Å²) >= 11 is 4.82. The van der Waals surface area contributed by atoms with Crippen LogP contribution in [0.5, 0.6) is 0 Å². The fraction of sp³-hybridized carbons (Fsp3) is 0.250. The third-order valence-electron chi connectivity index (χ3n) is 3.42. The normalized spacial score (nSPS) is 11.0. The summed E-state index contributed by atoms with van der Waals surface area (Å²) in [5.74, 6) is 0.706. The molecule has 0 atom stereocenters. The Hall–Kier alpha value is -1.70. The van der Waals surface area contributed by atoms with Gasteiger partial charge >= 0.3 is 0 Å². The zero-order valence-electron chi connectivity index (χ0n) is 12.3. The first-order valence-electron chi connectivity index (χ1n) is 7.27. The van der Waals surface area contributed by atoms with Crippen molar-refractivity contribution in [3.8, 4) is 0 Å². The Balaban J connectivity index is 1.90. The molecule has 0 spiro atoms. The summed E-state index contributed by atoms with van der Waals surface area (Å²) in [6.45, 7) is 0.961. The average molecular weight is 394 g/mol. The fourth-order valence-corrected chi connectivity index (χ4v) is 3.65. The zero-order valence-corrected chi connectivity index (χ0v) is 14.7. The van der Waals surface area contributed by atoms with Crippen molar-refractivity contribution in [2.45, 2.75) is 13.0 Å². The van der Waals surface area contributed by atoms with Crippen molar-refractivity contribution in [2.24, 2.45) is 0 Å². The lowest BCUT2D eigenvalue weighted by Gasteiger charge is -2.09. The average Bonchev–Trinajstić information content (AvgIpc) is 3.12. The Morgan fingerprint density at radius 2 is 2.13 bits per heavy atom. The van der Waals surface area contributed by atoms with Crippen LogP contribution < -0.4 is 5.32 Å². The Labute approximate surface area is 146 Å². The maximum Gasteiger partial charge on any atom is 0.204 e. The van der Waals surface area contributed by atoms with Crippen molar-refractivity contribution >= 4 is 50.0 Å². The van der Waals surface area contributed by atoms with Gasteiger partial charge in [-0.05, 0) is 46.6 Å². The van der Waals surface area contributed by atoms with Crippen LogP contribution in [-0.2, 0) is 6.54 Å². The van der Waals surface area contributed by atoms with Crippen molar-refractivity contribution in [3.63, 3.8) is 0 Å². The predicted octanol–water partition coefficient (Wildman–Crippen LogP) is 3.54. The van der Waals surface area contributed by atoms with E-state index in [9.17, 15) is 4.79 Å². The second kappa shape index (κ2) is 7.25. The van der Waals surface area contributed by atoms with Gasteiger partial charge < -0.3 is 15.0 Å². The molecule has 120 valence electrons. The molecule has 1 aromatic carbocycles. The van der Waals surface area contributed by atoms with Gasteiger partial charge in [-0.1, -0.05) is 12.1 Å². The van der Waals surface area contributed by atoms with Crippen molar-refractivity contribution in [1.29, 1.82) is 0 Å². The Kier molecular flexibility index (Phi) is 5.09. The first-order valence-corrected chi connectivity index (χ1v) is 8.88. The van der Waals surface area contributed by atoms with Gasteiger partial charge in [-0.2, -0.15) is 0 Å². The van der Waals surface area contributed by atoms with E-state index >= 15 is 0 Å². The second-order valence-electron chi connectivity index (χ2n) is 5.04. The molecule has 23 heavy (non-hydrogen) atoms. The predicted molar refractivity (Wildman–Crippen MR) is 96.3 cm³/mol. The van der Waals surface area contributed by atoms with Gasteiger partial charge in [0.05, 0.1) is 26.2 Å². The molecule has 2 aromatic heterocycles. The van der Waals surface area contributed by atoms with E-state index in [0.717, 1.165) is 19.7 Å². The number of hydrogen-bond donors (Lipinski definition) is 2. The number of aromatic nitrogens is 2. The smallest absolute Gasteiger partial charge is 0.204 e. The van der Waals surface area contributed by atoms with Gasteiger partial charge in [-0.15, -0.1) is 11.3 Å². The molecule has 5 nitrogen and oxygen atoms in total. The number of nitrogens with zero attached hydrogens (tertiary/aromatic N) is 2. The van der Waals surface area contributed by atoms with Crippen molar-refractivity contribution < 1.29 is 9.90 Å². The minimum absolute atomic E-state index is 0.0501. The molecule has 0 aliphatic rings. The van der Waals surface area contributed by atoms with Gasteiger partial charge in [0.15, 0.2) is 5.78 Å². The Morgan fingerprint density at radius 1 is 1.30 bits per heavy atom. The first-order chi connectivity index (χ1) is 11.2. The number of aliphatic hydroxyl groups excluding tert-OH is 1. The lowest BCUT2D eigenvalue weighted by atomic mass is 10.3. The van der Waals surface area contributed by atoms with Crippen LogP contribution >= 0.6 is 27.3 Å². The van der Waals surface area contributed by atoms with E-state index in [1.807, 2.05) is 41.0 Å². The van der Waals surface area contributed by atoms with Crippen LogP contribution in [0.1, 0.15) is 16.1 Å². The quantitative estimate of drug-likeness (QED) is 0.475. The van der Waals surface area contributed by atoms with Gasteiger partial charge in [-0.25, -0.2) is 4.98 Å². The number of para-hydroxylation sites is 2. The number of carbonyl (C=O) groups is 1. The maximum absolute atomic E-state index is 12.5. The van der Waals surface area contributed by atoms with Crippen LogP contribution in [0.25, 0.3) is 11.0 Å². The van der Waals surface area contributed by atoms with E-state index < -0.39 is 0 Å². The highest BCUT2D eigenvalue weighted by Gasteiger charge is 2.15. The highest BCUT2D eigenvalue weighted by molar-refractivity contribution is 9.11. The summed E-state index contributed by atoms with van der Waals surface area (Å²) < 4.78 is 2.83. The van der Waals surface area contributed by atoms with Crippen LogP contribution in [0.4, 0.5) is 5.95 Å². The van der Waals surface area contributed by atoms with E-state index in [-0.39, 0.29) is 18.9 Å². The largest absolute Gasteiger partial charge is 0.396 e. The Morgan fingerprint density at radius 3 is 2.87 bits per heavy atom. The number of hydrogen-bond acceptors (Lipinski definition) is 5. The molecule has 0 saturated heterocycles. The van der Waals surface area contributed by atoms with Crippen LogP contribution in [0.3, 0.4) is 0 Å². The number of anilines is 1. The molecule has 0 amide bonds. The van der Waals surface area contributed by atoms with E-state index in [0.29, 0.717) is 18.9 Å². The highest BCUT2D eigenvalue weighted by atomic mass is 79.9. The van der Waals surface area contributed by atoms with E-state index in [1.165, 1.54) is 11.3 Å². The molecule has 0 aliphatic heterocycles. The van der Waals surface area contributed by atoms with Crippen molar-refractivity contribution in [3.05, 3.63) is 45.1 Å². The number of ketones is 1. The molecule has 3 aromatic rings. The van der Waals surface area contributed by atoms with Gasteiger partial charge in [0.1, 0.15) is 0 Å². The topological polar surface area (TPSA) is 67.2 Å². The van der Waals surface area contributed by atoms with Crippen LogP contribution in [-0.4, -0.2) is 33.6 Å². The minimum atomic E-state index is 0.0501. The molecule has 3 rings (SSSR count). The first kappa shape index (κ1) is 16.2. The molecule has 0 fully saturated rings.